The van der Waals surface area contributed by atoms with Gasteiger partial charge in [-0.15, -0.1) is 0 Å². The third kappa shape index (κ3) is 5.05. The zero-order valence-electron chi connectivity index (χ0n) is 12.9. The molecule has 0 radical (unpaired) electrons. The second-order valence-electron chi connectivity index (χ2n) is 6.40. The molecule has 0 bridgehead atoms. The van der Waals surface area contributed by atoms with E-state index in [2.05, 4.69) is 24.1 Å². The molecule has 0 aromatic rings. The number of nitrogens with zero attached hydrogens (tertiary/aromatic N) is 1. The van der Waals surface area contributed by atoms with Crippen LogP contribution in [0.4, 0.5) is 0 Å². The van der Waals surface area contributed by atoms with E-state index in [1.807, 2.05) is 0 Å². The molecule has 19 heavy (non-hydrogen) atoms. The first-order chi connectivity index (χ1) is 9.29. The second kappa shape index (κ2) is 8.23. The van der Waals surface area contributed by atoms with Gasteiger partial charge in [0.15, 0.2) is 0 Å². The summed E-state index contributed by atoms with van der Waals surface area (Å²) in [5.74, 6) is 0.770. The molecule has 2 unspecified atom stereocenters. The highest BCUT2D eigenvalue weighted by molar-refractivity contribution is 4.82. The summed E-state index contributed by atoms with van der Waals surface area (Å²) in [5, 5.41) is 3.68. The quantitative estimate of drug-likeness (QED) is 0.768. The predicted octanol–water partition coefficient (Wildman–Crippen LogP) is 2.66. The molecule has 0 aromatic heterocycles. The fourth-order valence-electron chi connectivity index (χ4n) is 3.47. The monoisotopic (exact) mass is 268 g/mol. The molecule has 2 aliphatic rings. The summed E-state index contributed by atoms with van der Waals surface area (Å²) in [7, 11) is 0. The summed E-state index contributed by atoms with van der Waals surface area (Å²) < 4.78 is 5.98. The molecule has 1 aliphatic heterocycles. The van der Waals surface area contributed by atoms with Gasteiger partial charge in [-0.3, -0.25) is 0 Å². The van der Waals surface area contributed by atoms with Gasteiger partial charge in [-0.1, -0.05) is 26.7 Å². The fraction of sp³-hybridized carbons (Fsp3) is 1.00. The van der Waals surface area contributed by atoms with Crippen molar-refractivity contribution in [1.29, 1.82) is 0 Å². The number of hydrogen-bond acceptors (Lipinski definition) is 3. The van der Waals surface area contributed by atoms with E-state index in [1.54, 1.807) is 0 Å². The molecule has 3 heteroatoms. The predicted molar refractivity (Wildman–Crippen MR) is 80.5 cm³/mol. The maximum atomic E-state index is 5.98. The third-order valence-corrected chi connectivity index (χ3v) is 4.71. The smallest absolute Gasteiger partial charge is 0.0597 e. The van der Waals surface area contributed by atoms with Gasteiger partial charge < -0.3 is 15.0 Å². The van der Waals surface area contributed by atoms with Crippen LogP contribution in [-0.4, -0.2) is 49.8 Å². The Labute approximate surface area is 119 Å². The number of ether oxygens (including phenoxy) is 1. The summed E-state index contributed by atoms with van der Waals surface area (Å²) in [6, 6.07) is 0.729. The Morgan fingerprint density at radius 2 is 2.00 bits per heavy atom. The second-order valence-corrected chi connectivity index (χ2v) is 6.40. The van der Waals surface area contributed by atoms with Crippen molar-refractivity contribution < 1.29 is 4.74 Å². The molecule has 2 rings (SSSR count). The van der Waals surface area contributed by atoms with Crippen LogP contribution >= 0.6 is 0 Å². The topological polar surface area (TPSA) is 24.5 Å². The first-order valence-electron chi connectivity index (χ1n) is 8.37. The van der Waals surface area contributed by atoms with E-state index in [9.17, 15) is 0 Å². The zero-order chi connectivity index (χ0) is 13.5. The van der Waals surface area contributed by atoms with Crippen LogP contribution in [0.1, 0.15) is 52.4 Å². The van der Waals surface area contributed by atoms with Gasteiger partial charge in [0.2, 0.25) is 0 Å². The largest absolute Gasteiger partial charge is 0.377 e. The third-order valence-electron chi connectivity index (χ3n) is 4.71. The highest BCUT2D eigenvalue weighted by atomic mass is 16.5. The minimum Gasteiger partial charge on any atom is -0.377 e. The average Bonchev–Trinajstić information content (AvgIpc) is 2.91. The molecule has 112 valence electrons. The number of nitrogens with one attached hydrogen (secondary N) is 1. The maximum Gasteiger partial charge on any atom is 0.0597 e. The minimum atomic E-state index is 0.571. The fourth-order valence-corrected chi connectivity index (χ4v) is 3.47. The van der Waals surface area contributed by atoms with Crippen LogP contribution in [-0.2, 0) is 4.74 Å². The first-order valence-corrected chi connectivity index (χ1v) is 8.37. The molecule has 1 aliphatic carbocycles. The standard InChI is InChI=1S/C16H32N2O/c1-3-9-17-16-8-10-18(13-14(16)2)11-12-19-15-6-4-5-7-15/h14-17H,3-13H2,1-2H3. The molecule has 0 amide bonds. The van der Waals surface area contributed by atoms with Gasteiger partial charge >= 0.3 is 0 Å². The SMILES string of the molecule is CCCNC1CCN(CCOC2CCCC2)CC1C. The van der Waals surface area contributed by atoms with Gasteiger partial charge in [-0.25, -0.2) is 0 Å². The van der Waals surface area contributed by atoms with Crippen molar-refractivity contribution in [2.24, 2.45) is 5.92 Å². The molecule has 2 fully saturated rings. The highest BCUT2D eigenvalue weighted by Crippen LogP contribution is 2.21. The van der Waals surface area contributed by atoms with Crippen LogP contribution in [0.2, 0.25) is 0 Å². The summed E-state index contributed by atoms with van der Waals surface area (Å²) in [4.78, 5) is 2.59. The Hall–Kier alpha value is -0.120. The normalized spacial score (nSPS) is 30.0. The molecule has 0 spiro atoms. The van der Waals surface area contributed by atoms with Crippen LogP contribution < -0.4 is 5.32 Å². The van der Waals surface area contributed by atoms with Gasteiger partial charge in [0.1, 0.15) is 0 Å². The van der Waals surface area contributed by atoms with Crippen LogP contribution in [0.3, 0.4) is 0 Å². The zero-order valence-corrected chi connectivity index (χ0v) is 12.9. The number of piperidine rings is 1. The molecule has 1 N–H and O–H groups in total. The average molecular weight is 268 g/mol. The highest BCUT2D eigenvalue weighted by Gasteiger charge is 2.25. The Balaban J connectivity index is 1.58. The Morgan fingerprint density at radius 3 is 2.68 bits per heavy atom. The van der Waals surface area contributed by atoms with Gasteiger partial charge in [0.25, 0.3) is 0 Å². The Kier molecular flexibility index (Phi) is 6.62. The van der Waals surface area contributed by atoms with Crippen molar-refractivity contribution in [3.05, 3.63) is 0 Å². The van der Waals surface area contributed by atoms with Gasteiger partial charge in [0, 0.05) is 19.1 Å². The van der Waals surface area contributed by atoms with Gasteiger partial charge in [0.05, 0.1) is 12.7 Å². The van der Waals surface area contributed by atoms with Crippen molar-refractivity contribution >= 4 is 0 Å². The van der Waals surface area contributed by atoms with Crippen molar-refractivity contribution in [3.63, 3.8) is 0 Å². The number of likely N-dealkylation sites (tertiary alicyclic amines) is 1. The number of hydrogen-bond donors (Lipinski definition) is 1. The molecule has 1 heterocycles. The lowest BCUT2D eigenvalue weighted by molar-refractivity contribution is 0.0312. The molecule has 1 saturated carbocycles. The lowest BCUT2D eigenvalue weighted by atomic mass is 9.94. The van der Waals surface area contributed by atoms with Crippen molar-refractivity contribution in [2.75, 3.05) is 32.8 Å². The van der Waals surface area contributed by atoms with Crippen LogP contribution in [0.5, 0.6) is 0 Å². The molecular formula is C16H32N2O. The van der Waals surface area contributed by atoms with Crippen molar-refractivity contribution in [1.82, 2.24) is 10.2 Å². The van der Waals surface area contributed by atoms with E-state index in [4.69, 9.17) is 4.74 Å². The Morgan fingerprint density at radius 1 is 1.21 bits per heavy atom. The van der Waals surface area contributed by atoms with Crippen molar-refractivity contribution in [3.8, 4) is 0 Å². The Bertz CT molecular complexity index is 241. The molecule has 1 saturated heterocycles. The summed E-state index contributed by atoms with van der Waals surface area (Å²) in [6.07, 6.45) is 8.43. The summed E-state index contributed by atoms with van der Waals surface area (Å²) in [6.45, 7) is 10.3. The first kappa shape index (κ1) is 15.3. The number of rotatable bonds is 7. The maximum absolute atomic E-state index is 5.98. The van der Waals surface area contributed by atoms with Crippen LogP contribution in [0.15, 0.2) is 0 Å². The van der Waals surface area contributed by atoms with Gasteiger partial charge in [-0.2, -0.15) is 0 Å². The summed E-state index contributed by atoms with van der Waals surface area (Å²) >= 11 is 0. The lowest BCUT2D eigenvalue weighted by Gasteiger charge is -2.37. The van der Waals surface area contributed by atoms with Crippen LogP contribution in [0.25, 0.3) is 0 Å². The van der Waals surface area contributed by atoms with E-state index in [-0.39, 0.29) is 0 Å². The van der Waals surface area contributed by atoms with Gasteiger partial charge in [-0.05, 0) is 44.7 Å². The van der Waals surface area contributed by atoms with E-state index in [0.717, 1.165) is 25.1 Å². The molecule has 2 atom stereocenters. The van der Waals surface area contributed by atoms with E-state index in [0.29, 0.717) is 6.10 Å². The van der Waals surface area contributed by atoms with E-state index >= 15 is 0 Å². The lowest BCUT2D eigenvalue weighted by Crippen LogP contribution is -2.49. The van der Waals surface area contributed by atoms with E-state index < -0.39 is 0 Å². The summed E-state index contributed by atoms with van der Waals surface area (Å²) in [5.41, 5.74) is 0. The molecular weight excluding hydrogens is 236 g/mol. The molecule has 0 aromatic carbocycles. The molecule has 3 nitrogen and oxygen atoms in total. The minimum absolute atomic E-state index is 0.571. The van der Waals surface area contributed by atoms with Crippen LogP contribution in [0, 0.1) is 5.92 Å². The van der Waals surface area contributed by atoms with E-state index in [1.165, 1.54) is 58.2 Å². The van der Waals surface area contributed by atoms with Crippen molar-refractivity contribution in [2.45, 2.75) is 64.5 Å².